The first-order valence-electron chi connectivity index (χ1n) is 30.2. The topological polar surface area (TPSA) is 52.6 Å². The molecule has 0 aliphatic heterocycles. The van der Waals surface area contributed by atoms with Gasteiger partial charge in [-0.25, -0.2) is 0 Å². The molecule has 0 heterocycles. The van der Waals surface area contributed by atoms with Crippen LogP contribution in [0.1, 0.15) is 310 Å². The fourth-order valence-electron chi connectivity index (χ4n) is 9.42. The molecule has 0 atom stereocenters. The van der Waals surface area contributed by atoms with Gasteiger partial charge in [-0.3, -0.25) is 9.59 Å². The second-order valence-electron chi connectivity index (χ2n) is 22.3. The highest BCUT2D eigenvalue weighted by Gasteiger charge is 2.34. The van der Waals surface area contributed by atoms with Gasteiger partial charge in [0.05, 0.1) is 27.7 Å². The quantitative estimate of drug-likeness (QED) is 0.0264. The van der Waals surface area contributed by atoms with E-state index in [2.05, 4.69) is 78.4 Å². The van der Waals surface area contributed by atoms with Crippen molar-refractivity contribution in [3.8, 4) is 0 Å². The number of nitrogens with zero attached hydrogens (tertiary/aromatic N) is 1. The molecule has 68 heavy (non-hydrogen) atoms. The minimum Gasteiger partial charge on any atom is -0.465 e. The van der Waals surface area contributed by atoms with Gasteiger partial charge < -0.3 is 14.0 Å². The molecule has 0 fully saturated rings. The molecule has 5 nitrogen and oxygen atoms in total. The van der Waals surface area contributed by atoms with Crippen LogP contribution >= 0.6 is 0 Å². The van der Waals surface area contributed by atoms with Crippen LogP contribution in [0.25, 0.3) is 0 Å². The van der Waals surface area contributed by atoms with Crippen molar-refractivity contribution < 1.29 is 23.5 Å². The Morgan fingerprint density at radius 3 is 0.882 bits per heavy atom. The number of carbonyl (C=O) groups is 2. The maximum Gasteiger partial charge on any atom is 0.305 e. The number of hydrogen-bond acceptors (Lipinski definition) is 4. The Hall–Kier alpha value is -1.88. The van der Waals surface area contributed by atoms with Gasteiger partial charge in [-0.05, 0) is 109 Å². The van der Waals surface area contributed by atoms with Gasteiger partial charge in [-0.2, -0.15) is 0 Å². The van der Waals surface area contributed by atoms with Crippen LogP contribution in [0.2, 0.25) is 0 Å². The molecule has 0 radical (unpaired) electrons. The smallest absolute Gasteiger partial charge is 0.305 e. The van der Waals surface area contributed by atoms with E-state index in [0.717, 1.165) is 62.4 Å². The van der Waals surface area contributed by atoms with Crippen LogP contribution in [0, 0.1) is 5.41 Å². The summed E-state index contributed by atoms with van der Waals surface area (Å²) in [6, 6.07) is 0. The minimum absolute atomic E-state index is 0.0840. The van der Waals surface area contributed by atoms with Crippen LogP contribution in [0.5, 0.6) is 0 Å². The number of unbranched alkanes of at least 4 members (excludes halogenated alkanes) is 34. The van der Waals surface area contributed by atoms with E-state index in [0.29, 0.717) is 26.1 Å². The van der Waals surface area contributed by atoms with E-state index in [-0.39, 0.29) is 17.4 Å². The summed E-state index contributed by atoms with van der Waals surface area (Å²) in [5, 5.41) is 0. The van der Waals surface area contributed by atoms with Crippen molar-refractivity contribution in [3.05, 3.63) is 36.5 Å². The van der Waals surface area contributed by atoms with E-state index in [4.69, 9.17) is 9.47 Å². The second kappa shape index (κ2) is 51.5. The zero-order chi connectivity index (χ0) is 49.8. The van der Waals surface area contributed by atoms with Crippen LogP contribution in [-0.2, 0) is 19.1 Å². The van der Waals surface area contributed by atoms with Crippen LogP contribution < -0.4 is 0 Å². The molecule has 400 valence electrons. The largest absolute Gasteiger partial charge is 0.465 e. The van der Waals surface area contributed by atoms with Gasteiger partial charge in [0.1, 0.15) is 13.2 Å². The molecular weight excluding hydrogens is 835 g/mol. The Morgan fingerprint density at radius 2 is 0.588 bits per heavy atom. The maximum absolute atomic E-state index is 13.2. The SMILES string of the molecule is CCCCCCCC/C=C\CCCCCCCCC(CCC[N+](C)(C)C)(COC(=O)CCCCCCC/C=C\CCCCCCCC)COC(=O)CCCCCCC/C=C\CCCCCCCC. The number of quaternary nitrogens is 1. The molecule has 0 aliphatic carbocycles. The van der Waals surface area contributed by atoms with Crippen molar-refractivity contribution in [2.45, 2.75) is 310 Å². The summed E-state index contributed by atoms with van der Waals surface area (Å²) < 4.78 is 13.2. The average Bonchev–Trinajstić information content (AvgIpc) is 3.32. The van der Waals surface area contributed by atoms with Gasteiger partial charge in [-0.1, -0.05) is 224 Å². The van der Waals surface area contributed by atoms with Crippen molar-refractivity contribution in [2.75, 3.05) is 40.9 Å². The Bertz CT molecular complexity index is 1090. The molecule has 0 spiro atoms. The molecule has 0 aliphatic rings. The average molecular weight is 956 g/mol. The van der Waals surface area contributed by atoms with Crippen LogP contribution in [0.4, 0.5) is 0 Å². The minimum atomic E-state index is -0.327. The van der Waals surface area contributed by atoms with Crippen LogP contribution in [0.3, 0.4) is 0 Å². The molecule has 0 aromatic carbocycles. The molecule has 0 bridgehead atoms. The highest BCUT2D eigenvalue weighted by atomic mass is 16.5. The highest BCUT2D eigenvalue weighted by molar-refractivity contribution is 5.69. The first-order valence-corrected chi connectivity index (χ1v) is 30.2. The Labute approximate surface area is 426 Å². The lowest BCUT2D eigenvalue weighted by Crippen LogP contribution is -2.39. The number of esters is 2. The van der Waals surface area contributed by atoms with E-state index >= 15 is 0 Å². The third-order valence-corrected chi connectivity index (χ3v) is 14.1. The lowest BCUT2D eigenvalue weighted by molar-refractivity contribution is -0.870. The van der Waals surface area contributed by atoms with Gasteiger partial charge in [0, 0.05) is 18.3 Å². The van der Waals surface area contributed by atoms with Gasteiger partial charge in [0.15, 0.2) is 0 Å². The summed E-state index contributed by atoms with van der Waals surface area (Å²) in [6.07, 6.45) is 68.6. The van der Waals surface area contributed by atoms with E-state index < -0.39 is 0 Å². The molecule has 0 N–H and O–H groups in total. The monoisotopic (exact) mass is 955 g/mol. The second-order valence-corrected chi connectivity index (χ2v) is 22.3. The number of hydrogen-bond donors (Lipinski definition) is 0. The van der Waals surface area contributed by atoms with Crippen molar-refractivity contribution >= 4 is 11.9 Å². The lowest BCUT2D eigenvalue weighted by atomic mass is 9.79. The summed E-state index contributed by atoms with van der Waals surface area (Å²) in [4.78, 5) is 26.5. The van der Waals surface area contributed by atoms with Crippen molar-refractivity contribution in [3.63, 3.8) is 0 Å². The fraction of sp³-hybridized carbons (Fsp3) is 0.873. The third kappa shape index (κ3) is 50.5. The zero-order valence-electron chi connectivity index (χ0n) is 47.0. The van der Waals surface area contributed by atoms with Crippen molar-refractivity contribution in [1.82, 2.24) is 0 Å². The van der Waals surface area contributed by atoms with Gasteiger partial charge in [0.2, 0.25) is 0 Å². The van der Waals surface area contributed by atoms with E-state index in [1.54, 1.807) is 0 Å². The number of allylic oxidation sites excluding steroid dienone is 6. The molecule has 0 amide bonds. The summed E-state index contributed by atoms with van der Waals surface area (Å²) in [6.45, 7) is 8.61. The summed E-state index contributed by atoms with van der Waals surface area (Å²) in [5.41, 5.74) is -0.327. The molecule has 0 aromatic rings. The molecule has 5 heteroatoms. The fourth-order valence-corrected chi connectivity index (χ4v) is 9.42. The van der Waals surface area contributed by atoms with Gasteiger partial charge in [0.25, 0.3) is 0 Å². The van der Waals surface area contributed by atoms with Crippen LogP contribution in [0.15, 0.2) is 36.5 Å². The van der Waals surface area contributed by atoms with Gasteiger partial charge >= 0.3 is 11.9 Å². The zero-order valence-corrected chi connectivity index (χ0v) is 47.0. The molecule has 0 saturated heterocycles. The Morgan fingerprint density at radius 1 is 0.338 bits per heavy atom. The summed E-state index contributed by atoms with van der Waals surface area (Å²) in [7, 11) is 6.74. The number of ether oxygens (including phenoxy) is 2. The first kappa shape index (κ1) is 66.1. The maximum atomic E-state index is 13.2. The van der Waals surface area contributed by atoms with Crippen molar-refractivity contribution in [1.29, 1.82) is 0 Å². The van der Waals surface area contributed by atoms with Gasteiger partial charge in [-0.15, -0.1) is 0 Å². The van der Waals surface area contributed by atoms with E-state index in [1.165, 1.54) is 225 Å². The standard InChI is InChI=1S/C63H120NO4/c1-7-10-13-16-19-22-25-28-31-34-37-40-43-46-49-52-56-63(57-53-58-64(4,5)6,59-67-61(65)54-50-47-44-41-38-35-32-29-26-23-20-17-14-11-8-2)60-68-62(66)55-51-48-45-42-39-36-33-30-27-24-21-18-15-12-9-3/h28-33H,7-27,34-60H2,1-6H3/q+1/b31-28-,32-29-,33-30-. The molecule has 0 unspecified atom stereocenters. The van der Waals surface area contributed by atoms with Crippen LogP contribution in [-0.4, -0.2) is 57.3 Å². The highest BCUT2D eigenvalue weighted by Crippen LogP contribution is 2.33. The van der Waals surface area contributed by atoms with E-state index in [9.17, 15) is 9.59 Å². The van der Waals surface area contributed by atoms with Crippen molar-refractivity contribution in [2.24, 2.45) is 5.41 Å². The Balaban J connectivity index is 4.98. The molecule has 0 rings (SSSR count). The van der Waals surface area contributed by atoms with E-state index in [1.807, 2.05) is 0 Å². The predicted octanol–water partition coefficient (Wildman–Crippen LogP) is 20.0. The lowest BCUT2D eigenvalue weighted by Gasteiger charge is -2.34. The molecule has 0 aromatic heterocycles. The summed E-state index contributed by atoms with van der Waals surface area (Å²) >= 11 is 0. The first-order chi connectivity index (χ1) is 33.2. The third-order valence-electron chi connectivity index (χ3n) is 14.1. The Kier molecular flexibility index (Phi) is 50.1. The number of rotatable bonds is 54. The predicted molar refractivity (Wildman–Crippen MR) is 299 cm³/mol. The number of carbonyl (C=O) groups excluding carboxylic acids is 2. The molecular formula is C63H120NO4+. The molecule has 0 saturated carbocycles. The summed E-state index contributed by atoms with van der Waals surface area (Å²) in [5.74, 6) is -0.168. The normalized spacial score (nSPS) is 12.4.